The van der Waals surface area contributed by atoms with Crippen LogP contribution in [0.15, 0.2) is 28.7 Å². The number of benzene rings is 1. The minimum Gasteiger partial charge on any atom is -0.0625 e. The average Bonchev–Trinajstić information content (AvgIpc) is 2.19. The predicted octanol–water partition coefficient (Wildman–Crippen LogP) is 4.74. The molecule has 2 rings (SSSR count). The molecule has 0 bridgehead atoms. The standard InChI is InChI=1S/C13H17Br/c1-10-5-7-11(8-6-10)12-3-2-4-13(14)9-12/h2-4,9-11H,5-8H2,1H3. The van der Waals surface area contributed by atoms with E-state index in [0.29, 0.717) is 0 Å². The van der Waals surface area contributed by atoms with Gasteiger partial charge in [-0.15, -0.1) is 0 Å². The highest BCUT2D eigenvalue weighted by atomic mass is 79.9. The first-order valence-corrected chi connectivity index (χ1v) is 6.30. The lowest BCUT2D eigenvalue weighted by atomic mass is 9.79. The second kappa shape index (κ2) is 4.48. The van der Waals surface area contributed by atoms with Crippen molar-refractivity contribution in [2.45, 2.75) is 38.5 Å². The minimum absolute atomic E-state index is 0.809. The van der Waals surface area contributed by atoms with Crippen molar-refractivity contribution in [2.24, 2.45) is 5.92 Å². The van der Waals surface area contributed by atoms with Crippen molar-refractivity contribution < 1.29 is 0 Å². The maximum absolute atomic E-state index is 3.54. The van der Waals surface area contributed by atoms with Gasteiger partial charge < -0.3 is 0 Å². The Morgan fingerprint density at radius 3 is 2.50 bits per heavy atom. The zero-order chi connectivity index (χ0) is 9.97. The SMILES string of the molecule is CC1CCC(c2cccc(Br)c2)CC1. The zero-order valence-corrected chi connectivity index (χ0v) is 10.3. The Balaban J connectivity index is 2.08. The summed E-state index contributed by atoms with van der Waals surface area (Å²) in [5.74, 6) is 1.75. The summed E-state index contributed by atoms with van der Waals surface area (Å²) in [5.41, 5.74) is 1.52. The summed E-state index contributed by atoms with van der Waals surface area (Å²) in [6.07, 6.45) is 5.55. The molecule has 1 heteroatoms. The van der Waals surface area contributed by atoms with E-state index in [1.54, 1.807) is 0 Å². The van der Waals surface area contributed by atoms with Crippen LogP contribution in [0.4, 0.5) is 0 Å². The first kappa shape index (κ1) is 10.2. The van der Waals surface area contributed by atoms with Crippen molar-refractivity contribution in [3.8, 4) is 0 Å². The van der Waals surface area contributed by atoms with E-state index in [0.717, 1.165) is 11.8 Å². The molecule has 0 nitrogen and oxygen atoms in total. The van der Waals surface area contributed by atoms with Crippen molar-refractivity contribution in [1.29, 1.82) is 0 Å². The third-order valence-electron chi connectivity index (χ3n) is 3.34. The fourth-order valence-corrected chi connectivity index (χ4v) is 2.77. The van der Waals surface area contributed by atoms with Crippen molar-refractivity contribution >= 4 is 15.9 Å². The molecule has 1 aliphatic carbocycles. The van der Waals surface area contributed by atoms with E-state index >= 15 is 0 Å². The first-order chi connectivity index (χ1) is 6.75. The van der Waals surface area contributed by atoms with Crippen molar-refractivity contribution in [3.63, 3.8) is 0 Å². The van der Waals surface area contributed by atoms with Gasteiger partial charge in [0.25, 0.3) is 0 Å². The third-order valence-corrected chi connectivity index (χ3v) is 3.83. The first-order valence-electron chi connectivity index (χ1n) is 5.51. The van der Waals surface area contributed by atoms with Crippen molar-refractivity contribution in [3.05, 3.63) is 34.3 Å². The molecule has 0 spiro atoms. The molecule has 0 heterocycles. The lowest BCUT2D eigenvalue weighted by Crippen LogP contribution is -2.10. The lowest BCUT2D eigenvalue weighted by Gasteiger charge is -2.26. The molecule has 76 valence electrons. The second-order valence-corrected chi connectivity index (χ2v) is 5.43. The average molecular weight is 253 g/mol. The quantitative estimate of drug-likeness (QED) is 0.677. The maximum atomic E-state index is 3.54. The van der Waals surface area contributed by atoms with E-state index in [2.05, 4.69) is 47.1 Å². The molecule has 14 heavy (non-hydrogen) atoms. The van der Waals surface area contributed by atoms with Crippen LogP contribution in [-0.4, -0.2) is 0 Å². The van der Waals surface area contributed by atoms with Crippen LogP contribution in [0.3, 0.4) is 0 Å². The smallest absolute Gasteiger partial charge is 0.0178 e. The molecule has 0 N–H and O–H groups in total. The summed E-state index contributed by atoms with van der Waals surface area (Å²) in [7, 11) is 0. The normalized spacial score (nSPS) is 27.6. The van der Waals surface area contributed by atoms with E-state index in [9.17, 15) is 0 Å². The summed E-state index contributed by atoms with van der Waals surface area (Å²) in [5, 5.41) is 0. The van der Waals surface area contributed by atoms with Gasteiger partial charge in [-0.2, -0.15) is 0 Å². The van der Waals surface area contributed by atoms with Crippen LogP contribution in [0.5, 0.6) is 0 Å². The van der Waals surface area contributed by atoms with E-state index in [4.69, 9.17) is 0 Å². The molecule has 1 saturated carbocycles. The fraction of sp³-hybridized carbons (Fsp3) is 0.538. The summed E-state index contributed by atoms with van der Waals surface area (Å²) in [4.78, 5) is 0. The monoisotopic (exact) mass is 252 g/mol. The molecule has 1 aromatic carbocycles. The highest BCUT2D eigenvalue weighted by Crippen LogP contribution is 2.35. The molecule has 1 fully saturated rings. The largest absolute Gasteiger partial charge is 0.0625 e. The number of halogens is 1. The Kier molecular flexibility index (Phi) is 3.27. The molecule has 0 saturated heterocycles. The van der Waals surface area contributed by atoms with Gasteiger partial charge in [-0.3, -0.25) is 0 Å². The van der Waals surface area contributed by atoms with Crippen molar-refractivity contribution in [2.75, 3.05) is 0 Å². The third kappa shape index (κ3) is 2.38. The summed E-state index contributed by atoms with van der Waals surface area (Å²) in [6, 6.07) is 8.80. The van der Waals surface area contributed by atoms with Crippen LogP contribution in [0, 0.1) is 5.92 Å². The Hall–Kier alpha value is -0.300. The Bertz CT molecular complexity index is 298. The highest BCUT2D eigenvalue weighted by Gasteiger charge is 2.19. The second-order valence-electron chi connectivity index (χ2n) is 4.51. The van der Waals surface area contributed by atoms with Crippen LogP contribution in [0.25, 0.3) is 0 Å². The Morgan fingerprint density at radius 2 is 1.86 bits per heavy atom. The molecular formula is C13H17Br. The molecule has 0 unspecified atom stereocenters. The van der Waals surface area contributed by atoms with Crippen LogP contribution >= 0.6 is 15.9 Å². The fourth-order valence-electron chi connectivity index (χ4n) is 2.35. The van der Waals surface area contributed by atoms with Crippen LogP contribution in [-0.2, 0) is 0 Å². The molecule has 0 radical (unpaired) electrons. The van der Waals surface area contributed by atoms with E-state index in [1.807, 2.05) is 0 Å². The summed E-state index contributed by atoms with van der Waals surface area (Å²) < 4.78 is 1.22. The lowest BCUT2D eigenvalue weighted by molar-refractivity contribution is 0.348. The van der Waals surface area contributed by atoms with Crippen LogP contribution in [0.2, 0.25) is 0 Å². The Labute approximate surface area is 94.8 Å². The highest BCUT2D eigenvalue weighted by molar-refractivity contribution is 9.10. The van der Waals surface area contributed by atoms with Gasteiger partial charge in [0.2, 0.25) is 0 Å². The summed E-state index contributed by atoms with van der Waals surface area (Å²) >= 11 is 3.54. The molecule has 1 aliphatic rings. The Morgan fingerprint density at radius 1 is 1.14 bits per heavy atom. The molecule has 0 atom stereocenters. The number of hydrogen-bond acceptors (Lipinski definition) is 0. The van der Waals surface area contributed by atoms with Gasteiger partial charge in [-0.05, 0) is 42.4 Å². The van der Waals surface area contributed by atoms with E-state index in [-0.39, 0.29) is 0 Å². The predicted molar refractivity (Wildman–Crippen MR) is 64.5 cm³/mol. The van der Waals surface area contributed by atoms with Gasteiger partial charge >= 0.3 is 0 Å². The number of rotatable bonds is 1. The van der Waals surface area contributed by atoms with Gasteiger partial charge in [0.15, 0.2) is 0 Å². The molecule has 1 aromatic rings. The molecule has 0 aromatic heterocycles. The topological polar surface area (TPSA) is 0 Å². The zero-order valence-electron chi connectivity index (χ0n) is 8.67. The van der Waals surface area contributed by atoms with Gasteiger partial charge in [0, 0.05) is 4.47 Å². The minimum atomic E-state index is 0.809. The molecule has 0 aliphatic heterocycles. The maximum Gasteiger partial charge on any atom is 0.0178 e. The van der Waals surface area contributed by atoms with Gasteiger partial charge in [-0.1, -0.05) is 47.8 Å². The molecule has 0 amide bonds. The van der Waals surface area contributed by atoms with E-state index in [1.165, 1.54) is 35.7 Å². The summed E-state index contributed by atoms with van der Waals surface area (Å²) in [6.45, 7) is 2.37. The number of hydrogen-bond donors (Lipinski definition) is 0. The molecular weight excluding hydrogens is 236 g/mol. The van der Waals surface area contributed by atoms with Gasteiger partial charge in [0.05, 0.1) is 0 Å². The van der Waals surface area contributed by atoms with Gasteiger partial charge in [-0.25, -0.2) is 0 Å². The van der Waals surface area contributed by atoms with E-state index < -0.39 is 0 Å². The van der Waals surface area contributed by atoms with Gasteiger partial charge in [0.1, 0.15) is 0 Å². The van der Waals surface area contributed by atoms with Crippen LogP contribution in [0.1, 0.15) is 44.1 Å². The van der Waals surface area contributed by atoms with Crippen molar-refractivity contribution in [1.82, 2.24) is 0 Å². The van der Waals surface area contributed by atoms with Crippen LogP contribution < -0.4 is 0 Å².